The van der Waals surface area contributed by atoms with Crippen molar-refractivity contribution in [3.05, 3.63) is 53.9 Å². The summed E-state index contributed by atoms with van der Waals surface area (Å²) in [5.74, 6) is -1.32. The number of nitrogens with one attached hydrogen (secondary N) is 2. The Morgan fingerprint density at radius 2 is 2.04 bits per heavy atom. The molecular formula is C21H23N3O4. The molecule has 0 spiro atoms. The molecule has 2 atom stereocenters. The number of aromatic nitrogens is 1. The van der Waals surface area contributed by atoms with Crippen LogP contribution in [0.1, 0.15) is 31.5 Å². The van der Waals surface area contributed by atoms with Crippen LogP contribution < -0.4 is 5.32 Å². The number of carbonyl (C=O) groups is 2. The summed E-state index contributed by atoms with van der Waals surface area (Å²) in [4.78, 5) is 29.9. The molecule has 0 radical (unpaired) electrons. The molecule has 1 aromatic carbocycles. The minimum Gasteiger partial charge on any atom is -0.387 e. The fourth-order valence-corrected chi connectivity index (χ4v) is 3.91. The zero-order chi connectivity index (χ0) is 20.3. The van der Waals surface area contributed by atoms with Crippen LogP contribution in [0.5, 0.6) is 0 Å². The number of aliphatic hydroxyl groups is 2. The first kappa shape index (κ1) is 18.5. The van der Waals surface area contributed by atoms with Crippen LogP contribution in [0.25, 0.3) is 17.0 Å². The minimum atomic E-state index is -2.21. The predicted molar refractivity (Wildman–Crippen MR) is 105 cm³/mol. The van der Waals surface area contributed by atoms with Gasteiger partial charge in [-0.05, 0) is 18.6 Å². The van der Waals surface area contributed by atoms with Gasteiger partial charge in [0.05, 0.1) is 0 Å². The van der Waals surface area contributed by atoms with Gasteiger partial charge in [0, 0.05) is 34.1 Å². The number of piperazine rings is 1. The molecule has 4 rings (SSSR count). The molecule has 2 amide bonds. The number of nitrogens with zero attached hydrogens (tertiary/aromatic N) is 1. The Kier molecular flexibility index (Phi) is 3.99. The standard InChI is InChI=1S/C21H23N3O4/c1-4-20(2,3)17-13(12-7-5-6-8-14(12)22-17)11-15-18(26)24-10-9-16(25)21(24,28)19(27)23-15/h4-8,11,16,22,25,28H,1,9-10H2,2-3H3,(H,23,27). The van der Waals surface area contributed by atoms with Gasteiger partial charge in [-0.15, -0.1) is 6.58 Å². The molecule has 2 saturated heterocycles. The molecule has 28 heavy (non-hydrogen) atoms. The van der Waals surface area contributed by atoms with Crippen LogP contribution in [-0.2, 0) is 15.0 Å². The van der Waals surface area contributed by atoms with E-state index in [1.54, 1.807) is 6.08 Å². The second-order valence-corrected chi connectivity index (χ2v) is 7.88. The summed E-state index contributed by atoms with van der Waals surface area (Å²) >= 11 is 0. The van der Waals surface area contributed by atoms with Crippen molar-refractivity contribution >= 4 is 28.8 Å². The molecule has 2 fully saturated rings. The molecule has 2 unspecified atom stereocenters. The highest BCUT2D eigenvalue weighted by atomic mass is 16.4. The number of aliphatic hydroxyl groups excluding tert-OH is 1. The minimum absolute atomic E-state index is 0.0645. The van der Waals surface area contributed by atoms with Crippen molar-refractivity contribution in [1.82, 2.24) is 15.2 Å². The molecule has 0 aliphatic carbocycles. The molecular weight excluding hydrogens is 358 g/mol. The predicted octanol–water partition coefficient (Wildman–Crippen LogP) is 1.38. The van der Waals surface area contributed by atoms with E-state index in [0.29, 0.717) is 0 Å². The average Bonchev–Trinajstić information content (AvgIpc) is 3.19. The maximum atomic E-state index is 12.9. The van der Waals surface area contributed by atoms with Crippen LogP contribution in [0, 0.1) is 0 Å². The number of para-hydroxylation sites is 1. The van der Waals surface area contributed by atoms with Crippen LogP contribution in [0.4, 0.5) is 0 Å². The zero-order valence-electron chi connectivity index (χ0n) is 15.8. The van der Waals surface area contributed by atoms with Gasteiger partial charge in [0.15, 0.2) is 0 Å². The van der Waals surface area contributed by atoms with E-state index in [4.69, 9.17) is 0 Å². The SMILES string of the molecule is C=CC(C)(C)c1[nH]c2ccccc2c1C=C1NC(=O)C2(O)C(O)CCN2C1=O. The molecule has 7 nitrogen and oxygen atoms in total. The van der Waals surface area contributed by atoms with E-state index < -0.39 is 29.1 Å². The highest BCUT2D eigenvalue weighted by molar-refractivity contribution is 6.10. The Balaban J connectivity index is 1.87. The number of fused-ring (bicyclic) bond motifs is 2. The van der Waals surface area contributed by atoms with Gasteiger partial charge in [-0.25, -0.2) is 0 Å². The molecule has 0 saturated carbocycles. The third kappa shape index (κ3) is 2.43. The van der Waals surface area contributed by atoms with Crippen LogP contribution in [-0.4, -0.2) is 50.3 Å². The third-order valence-electron chi connectivity index (χ3n) is 5.75. The van der Waals surface area contributed by atoms with Crippen molar-refractivity contribution in [3.63, 3.8) is 0 Å². The Morgan fingerprint density at radius 1 is 1.32 bits per heavy atom. The van der Waals surface area contributed by atoms with E-state index in [2.05, 4.69) is 16.9 Å². The summed E-state index contributed by atoms with van der Waals surface area (Å²) in [6.07, 6.45) is 2.28. The zero-order valence-corrected chi connectivity index (χ0v) is 15.8. The summed E-state index contributed by atoms with van der Waals surface area (Å²) in [6.45, 7) is 8.03. The smallest absolute Gasteiger partial charge is 0.280 e. The summed E-state index contributed by atoms with van der Waals surface area (Å²) in [7, 11) is 0. The number of H-pyrrole nitrogens is 1. The van der Waals surface area contributed by atoms with Crippen molar-refractivity contribution in [2.45, 2.75) is 37.5 Å². The van der Waals surface area contributed by atoms with E-state index in [1.807, 2.05) is 44.2 Å². The number of aromatic amines is 1. The van der Waals surface area contributed by atoms with E-state index in [0.717, 1.165) is 27.1 Å². The molecule has 4 N–H and O–H groups in total. The summed E-state index contributed by atoms with van der Waals surface area (Å²) in [5.41, 5.74) is -0.0123. The first-order chi connectivity index (χ1) is 13.2. The largest absolute Gasteiger partial charge is 0.387 e. The molecule has 0 bridgehead atoms. The number of rotatable bonds is 3. The molecule has 146 valence electrons. The van der Waals surface area contributed by atoms with Crippen LogP contribution >= 0.6 is 0 Å². The van der Waals surface area contributed by atoms with Crippen LogP contribution in [0.2, 0.25) is 0 Å². The van der Waals surface area contributed by atoms with Gasteiger partial charge in [-0.2, -0.15) is 0 Å². The number of amides is 2. The summed E-state index contributed by atoms with van der Waals surface area (Å²) in [6, 6.07) is 7.70. The Hall–Kier alpha value is -2.90. The van der Waals surface area contributed by atoms with E-state index in [9.17, 15) is 19.8 Å². The topological polar surface area (TPSA) is 106 Å². The van der Waals surface area contributed by atoms with Crippen molar-refractivity contribution in [1.29, 1.82) is 0 Å². The number of hydrogen-bond donors (Lipinski definition) is 4. The van der Waals surface area contributed by atoms with Gasteiger partial charge in [-0.3, -0.25) is 14.5 Å². The van der Waals surface area contributed by atoms with Crippen LogP contribution in [0.3, 0.4) is 0 Å². The van der Waals surface area contributed by atoms with Crippen LogP contribution in [0.15, 0.2) is 42.6 Å². The lowest BCUT2D eigenvalue weighted by molar-refractivity contribution is -0.185. The van der Waals surface area contributed by atoms with Crippen molar-refractivity contribution in [3.8, 4) is 0 Å². The number of hydrogen-bond acceptors (Lipinski definition) is 4. The quantitative estimate of drug-likeness (QED) is 0.476. The molecule has 3 heterocycles. The molecule has 2 aromatic rings. The summed E-state index contributed by atoms with van der Waals surface area (Å²) < 4.78 is 0. The highest BCUT2D eigenvalue weighted by Gasteiger charge is 2.58. The first-order valence-corrected chi connectivity index (χ1v) is 9.20. The fraction of sp³-hybridized carbons (Fsp3) is 0.333. The fourth-order valence-electron chi connectivity index (χ4n) is 3.91. The number of carbonyl (C=O) groups excluding carboxylic acids is 2. The molecule has 2 aliphatic rings. The van der Waals surface area contributed by atoms with Gasteiger partial charge in [0.1, 0.15) is 11.8 Å². The van der Waals surface area contributed by atoms with Gasteiger partial charge < -0.3 is 20.5 Å². The van der Waals surface area contributed by atoms with Gasteiger partial charge in [-0.1, -0.05) is 38.1 Å². The van der Waals surface area contributed by atoms with Gasteiger partial charge in [0.2, 0.25) is 5.72 Å². The molecule has 2 aliphatic heterocycles. The Bertz CT molecular complexity index is 1040. The van der Waals surface area contributed by atoms with Gasteiger partial charge in [0.25, 0.3) is 11.8 Å². The van der Waals surface area contributed by atoms with Crippen molar-refractivity contribution < 1.29 is 19.8 Å². The average molecular weight is 381 g/mol. The van der Waals surface area contributed by atoms with E-state index in [-0.39, 0.29) is 18.7 Å². The second kappa shape index (κ2) is 6.05. The second-order valence-electron chi connectivity index (χ2n) is 7.88. The first-order valence-electron chi connectivity index (χ1n) is 9.20. The number of allylic oxidation sites excluding steroid dienone is 1. The normalized spacial score (nSPS) is 26.6. The molecule has 1 aromatic heterocycles. The van der Waals surface area contributed by atoms with E-state index >= 15 is 0 Å². The monoisotopic (exact) mass is 381 g/mol. The Labute approximate surface area is 162 Å². The lowest BCUT2D eigenvalue weighted by Crippen LogP contribution is -2.67. The van der Waals surface area contributed by atoms with Crippen molar-refractivity contribution in [2.75, 3.05) is 6.54 Å². The lowest BCUT2D eigenvalue weighted by atomic mass is 9.86. The maximum Gasteiger partial charge on any atom is 0.280 e. The lowest BCUT2D eigenvalue weighted by Gasteiger charge is -2.38. The third-order valence-corrected chi connectivity index (χ3v) is 5.75. The van der Waals surface area contributed by atoms with Gasteiger partial charge >= 0.3 is 0 Å². The van der Waals surface area contributed by atoms with E-state index in [1.165, 1.54) is 0 Å². The molecule has 7 heteroatoms. The maximum absolute atomic E-state index is 12.9. The Morgan fingerprint density at radius 3 is 2.75 bits per heavy atom. The summed E-state index contributed by atoms with van der Waals surface area (Å²) in [5, 5.41) is 23.9. The highest BCUT2D eigenvalue weighted by Crippen LogP contribution is 2.36. The van der Waals surface area contributed by atoms with Crippen molar-refractivity contribution in [2.24, 2.45) is 0 Å². The number of benzene rings is 1.